The second kappa shape index (κ2) is 11.1. The van der Waals surface area contributed by atoms with Gasteiger partial charge in [0.05, 0.1) is 30.0 Å². The summed E-state index contributed by atoms with van der Waals surface area (Å²) in [5.74, 6) is 1.68. The predicted molar refractivity (Wildman–Crippen MR) is 130 cm³/mol. The SMILES string of the molecule is COc1cc(N2CCCN(C(=O)NCc3cc(C(F)(F)F)cc(C(F)(F)F)c3)CC2)ccc1-c1cnc(C)o1. The normalized spacial score (nSPS) is 14.8. The van der Waals surface area contributed by atoms with Crippen molar-refractivity contribution in [2.75, 3.05) is 38.2 Å². The van der Waals surface area contributed by atoms with Crippen LogP contribution in [0, 0.1) is 6.92 Å². The first-order valence-corrected chi connectivity index (χ1v) is 12.0. The van der Waals surface area contributed by atoms with Crippen LogP contribution in [0.5, 0.6) is 5.75 Å². The number of aromatic nitrogens is 1. The monoisotopic (exact) mass is 556 g/mol. The molecule has 1 saturated heterocycles. The molecule has 0 bridgehead atoms. The second-order valence-corrected chi connectivity index (χ2v) is 9.03. The molecule has 0 spiro atoms. The van der Waals surface area contributed by atoms with E-state index in [-0.39, 0.29) is 11.6 Å². The van der Waals surface area contributed by atoms with E-state index in [2.05, 4.69) is 15.2 Å². The Labute approximate surface area is 220 Å². The molecular formula is C26H26F6N4O3. The van der Waals surface area contributed by atoms with Crippen LogP contribution in [-0.4, -0.2) is 49.2 Å². The number of benzene rings is 2. The molecule has 0 aliphatic carbocycles. The number of amides is 2. The van der Waals surface area contributed by atoms with Crippen molar-refractivity contribution in [3.63, 3.8) is 0 Å². The number of urea groups is 1. The number of nitrogens with one attached hydrogen (secondary N) is 1. The molecule has 210 valence electrons. The van der Waals surface area contributed by atoms with Crippen molar-refractivity contribution in [1.82, 2.24) is 15.2 Å². The van der Waals surface area contributed by atoms with Crippen LogP contribution in [0.3, 0.4) is 0 Å². The lowest BCUT2D eigenvalue weighted by Crippen LogP contribution is -2.41. The maximum absolute atomic E-state index is 13.1. The van der Waals surface area contributed by atoms with Crippen LogP contribution < -0.4 is 15.0 Å². The molecule has 1 aromatic heterocycles. The molecule has 2 amide bonds. The molecular weight excluding hydrogens is 530 g/mol. The summed E-state index contributed by atoms with van der Waals surface area (Å²) in [6.45, 7) is 3.00. The van der Waals surface area contributed by atoms with E-state index in [1.165, 1.54) is 4.90 Å². The van der Waals surface area contributed by atoms with Crippen molar-refractivity contribution in [2.45, 2.75) is 32.2 Å². The quantitative estimate of drug-likeness (QED) is 0.384. The van der Waals surface area contributed by atoms with Gasteiger partial charge < -0.3 is 24.3 Å². The summed E-state index contributed by atoms with van der Waals surface area (Å²) in [6, 6.07) is 6.31. The molecule has 0 unspecified atom stereocenters. The van der Waals surface area contributed by atoms with Crippen LogP contribution in [0.25, 0.3) is 11.3 Å². The number of rotatable bonds is 5. The van der Waals surface area contributed by atoms with E-state index in [0.717, 1.165) is 11.3 Å². The van der Waals surface area contributed by atoms with Gasteiger partial charge in [0.2, 0.25) is 0 Å². The Hall–Kier alpha value is -3.90. The summed E-state index contributed by atoms with van der Waals surface area (Å²) >= 11 is 0. The number of ether oxygens (including phenoxy) is 1. The Morgan fingerprint density at radius 3 is 2.28 bits per heavy atom. The fraction of sp³-hybridized carbons (Fsp3) is 0.385. The van der Waals surface area contributed by atoms with E-state index < -0.39 is 36.1 Å². The van der Waals surface area contributed by atoms with Crippen molar-refractivity contribution in [3.8, 4) is 17.1 Å². The zero-order valence-corrected chi connectivity index (χ0v) is 21.1. The molecule has 7 nitrogen and oxygen atoms in total. The van der Waals surface area contributed by atoms with Crippen molar-refractivity contribution < 1.29 is 40.3 Å². The number of nitrogens with zero attached hydrogens (tertiary/aromatic N) is 3. The van der Waals surface area contributed by atoms with Gasteiger partial charge in [0, 0.05) is 51.4 Å². The van der Waals surface area contributed by atoms with Crippen LogP contribution in [-0.2, 0) is 18.9 Å². The molecule has 0 atom stereocenters. The van der Waals surface area contributed by atoms with E-state index in [9.17, 15) is 31.1 Å². The number of carbonyl (C=O) groups is 1. The Morgan fingerprint density at radius 2 is 1.69 bits per heavy atom. The lowest BCUT2D eigenvalue weighted by molar-refractivity contribution is -0.143. The van der Waals surface area contributed by atoms with Gasteiger partial charge in [0.25, 0.3) is 0 Å². The number of hydrogen-bond acceptors (Lipinski definition) is 5. The molecule has 1 fully saturated rings. The van der Waals surface area contributed by atoms with Crippen LogP contribution in [0.2, 0.25) is 0 Å². The van der Waals surface area contributed by atoms with Gasteiger partial charge in [-0.2, -0.15) is 26.3 Å². The van der Waals surface area contributed by atoms with E-state index in [0.29, 0.717) is 62.1 Å². The molecule has 1 N–H and O–H groups in total. The standard InChI is InChI=1S/C26H26F6N4O3/c1-16-33-15-23(39-16)21-5-4-20(13-22(21)38-2)35-6-3-7-36(9-8-35)24(37)34-14-17-10-18(25(27,28)29)12-19(11-17)26(30,31)32/h4-5,10-13,15H,3,6-9,14H2,1-2H3,(H,34,37). The minimum absolute atomic E-state index is 0.0583. The number of aryl methyl sites for hydroxylation is 1. The Balaban J connectivity index is 1.41. The highest BCUT2D eigenvalue weighted by molar-refractivity contribution is 5.74. The minimum atomic E-state index is -4.96. The Kier molecular flexibility index (Phi) is 7.98. The summed E-state index contributed by atoms with van der Waals surface area (Å²) in [6.07, 6.45) is -7.70. The van der Waals surface area contributed by atoms with Gasteiger partial charge in [-0.1, -0.05) is 0 Å². The van der Waals surface area contributed by atoms with Crippen LogP contribution in [0.15, 0.2) is 47.0 Å². The number of halogens is 6. The average Bonchev–Trinajstić information content (AvgIpc) is 3.16. The number of methoxy groups -OCH3 is 1. The third-order valence-corrected chi connectivity index (χ3v) is 6.31. The molecule has 39 heavy (non-hydrogen) atoms. The number of hydrogen-bond donors (Lipinski definition) is 1. The first-order chi connectivity index (χ1) is 18.3. The largest absolute Gasteiger partial charge is 0.496 e. The molecule has 0 radical (unpaired) electrons. The smallest absolute Gasteiger partial charge is 0.416 e. The number of oxazole rings is 1. The molecule has 1 aliphatic heterocycles. The second-order valence-electron chi connectivity index (χ2n) is 9.03. The summed E-state index contributed by atoms with van der Waals surface area (Å²) in [5, 5.41) is 2.45. The highest BCUT2D eigenvalue weighted by Crippen LogP contribution is 2.37. The molecule has 0 saturated carbocycles. The van der Waals surface area contributed by atoms with Crippen molar-refractivity contribution in [1.29, 1.82) is 0 Å². The van der Waals surface area contributed by atoms with E-state index in [4.69, 9.17) is 9.15 Å². The molecule has 1 aliphatic rings. The van der Waals surface area contributed by atoms with Gasteiger partial charge in [-0.05, 0) is 42.3 Å². The van der Waals surface area contributed by atoms with Gasteiger partial charge in [0.1, 0.15) is 5.75 Å². The predicted octanol–water partition coefficient (Wildman–Crippen LogP) is 6.12. The summed E-state index contributed by atoms with van der Waals surface area (Å²) in [4.78, 5) is 20.4. The van der Waals surface area contributed by atoms with E-state index in [1.54, 1.807) is 20.2 Å². The lowest BCUT2D eigenvalue weighted by Gasteiger charge is -2.24. The maximum Gasteiger partial charge on any atom is 0.416 e. The van der Waals surface area contributed by atoms with Gasteiger partial charge in [-0.15, -0.1) is 0 Å². The highest BCUT2D eigenvalue weighted by atomic mass is 19.4. The number of carbonyl (C=O) groups excluding carboxylic acids is 1. The number of anilines is 1. The Morgan fingerprint density at radius 1 is 1.00 bits per heavy atom. The first-order valence-electron chi connectivity index (χ1n) is 12.0. The fourth-order valence-corrected chi connectivity index (χ4v) is 4.36. The van der Waals surface area contributed by atoms with Gasteiger partial charge >= 0.3 is 18.4 Å². The maximum atomic E-state index is 13.1. The topological polar surface area (TPSA) is 70.8 Å². The zero-order chi connectivity index (χ0) is 28.4. The molecule has 4 rings (SSSR count). The summed E-state index contributed by atoms with van der Waals surface area (Å²) in [5.41, 5.74) is -1.55. The van der Waals surface area contributed by atoms with Crippen molar-refractivity contribution in [3.05, 3.63) is 65.2 Å². The first kappa shape index (κ1) is 28.1. The zero-order valence-electron chi connectivity index (χ0n) is 21.1. The van der Waals surface area contributed by atoms with Crippen molar-refractivity contribution in [2.24, 2.45) is 0 Å². The highest BCUT2D eigenvalue weighted by Gasteiger charge is 2.37. The summed E-state index contributed by atoms with van der Waals surface area (Å²) in [7, 11) is 1.54. The van der Waals surface area contributed by atoms with Crippen LogP contribution >= 0.6 is 0 Å². The Bertz CT molecular complexity index is 1290. The van der Waals surface area contributed by atoms with Gasteiger partial charge in [0.15, 0.2) is 11.7 Å². The number of alkyl halides is 6. The lowest BCUT2D eigenvalue weighted by atomic mass is 10.0. The molecule has 2 heterocycles. The van der Waals surface area contributed by atoms with Crippen molar-refractivity contribution >= 4 is 11.7 Å². The van der Waals surface area contributed by atoms with E-state index >= 15 is 0 Å². The van der Waals surface area contributed by atoms with Gasteiger partial charge in [-0.25, -0.2) is 9.78 Å². The van der Waals surface area contributed by atoms with Crippen LogP contribution in [0.1, 0.15) is 29.0 Å². The third-order valence-electron chi connectivity index (χ3n) is 6.31. The molecule has 2 aromatic carbocycles. The van der Waals surface area contributed by atoms with E-state index in [1.807, 2.05) is 18.2 Å². The molecule has 3 aromatic rings. The third kappa shape index (κ3) is 6.76. The fourth-order valence-electron chi connectivity index (χ4n) is 4.36. The van der Waals surface area contributed by atoms with Gasteiger partial charge in [-0.3, -0.25) is 0 Å². The summed E-state index contributed by atoms with van der Waals surface area (Å²) < 4.78 is 89.9. The molecule has 13 heteroatoms. The van der Waals surface area contributed by atoms with Crippen LogP contribution in [0.4, 0.5) is 36.8 Å². The minimum Gasteiger partial charge on any atom is -0.496 e. The average molecular weight is 557 g/mol.